The van der Waals surface area contributed by atoms with Crippen molar-refractivity contribution in [3.8, 4) is 0 Å². The molecule has 0 amide bonds. The van der Waals surface area contributed by atoms with Gasteiger partial charge >= 0.3 is 0 Å². The summed E-state index contributed by atoms with van der Waals surface area (Å²) in [6.07, 6.45) is 6.04. The lowest BCUT2D eigenvalue weighted by atomic mass is 9.73. The summed E-state index contributed by atoms with van der Waals surface area (Å²) >= 11 is 0. The quantitative estimate of drug-likeness (QED) is 0.783. The van der Waals surface area contributed by atoms with Crippen LogP contribution < -0.4 is 5.73 Å². The molecule has 0 bridgehead atoms. The lowest BCUT2D eigenvalue weighted by molar-refractivity contribution is 0.0975. The molecule has 1 aromatic rings. The SMILES string of the molecule is CCCOCC(N)C1(c2ccccc2)CCCC1. The Kier molecular flexibility index (Phi) is 4.79. The zero-order chi connectivity index (χ0) is 12.8. The monoisotopic (exact) mass is 247 g/mol. The molecule has 1 aromatic carbocycles. The summed E-state index contributed by atoms with van der Waals surface area (Å²) in [5.74, 6) is 0. The molecule has 0 aromatic heterocycles. The van der Waals surface area contributed by atoms with E-state index in [4.69, 9.17) is 10.5 Å². The minimum absolute atomic E-state index is 0.119. The van der Waals surface area contributed by atoms with Gasteiger partial charge in [0.05, 0.1) is 6.61 Å². The molecule has 2 N–H and O–H groups in total. The van der Waals surface area contributed by atoms with Crippen LogP contribution in [0, 0.1) is 0 Å². The lowest BCUT2D eigenvalue weighted by Gasteiger charge is -2.35. The van der Waals surface area contributed by atoms with Gasteiger partial charge in [-0.05, 0) is 24.8 Å². The zero-order valence-corrected chi connectivity index (χ0v) is 11.4. The van der Waals surface area contributed by atoms with E-state index in [1.807, 2.05) is 0 Å². The van der Waals surface area contributed by atoms with E-state index in [1.165, 1.54) is 31.2 Å². The summed E-state index contributed by atoms with van der Waals surface area (Å²) in [5.41, 5.74) is 8.01. The number of nitrogens with two attached hydrogens (primary N) is 1. The van der Waals surface area contributed by atoms with Gasteiger partial charge in [0.25, 0.3) is 0 Å². The summed E-state index contributed by atoms with van der Waals surface area (Å²) in [4.78, 5) is 0. The second-order valence-electron chi connectivity index (χ2n) is 5.41. The van der Waals surface area contributed by atoms with Gasteiger partial charge in [-0.2, -0.15) is 0 Å². The molecule has 100 valence electrons. The van der Waals surface area contributed by atoms with Gasteiger partial charge in [0.1, 0.15) is 0 Å². The molecule has 0 aliphatic heterocycles. The van der Waals surface area contributed by atoms with Crippen molar-refractivity contribution in [2.24, 2.45) is 5.73 Å². The molecule has 1 saturated carbocycles. The summed E-state index contributed by atoms with van der Waals surface area (Å²) in [6, 6.07) is 10.9. The second-order valence-corrected chi connectivity index (χ2v) is 5.41. The van der Waals surface area contributed by atoms with Gasteiger partial charge in [-0.3, -0.25) is 0 Å². The van der Waals surface area contributed by atoms with Crippen molar-refractivity contribution in [1.82, 2.24) is 0 Å². The zero-order valence-electron chi connectivity index (χ0n) is 11.4. The Morgan fingerprint density at radius 2 is 1.89 bits per heavy atom. The fraction of sp³-hybridized carbons (Fsp3) is 0.625. The Balaban J connectivity index is 2.12. The average Bonchev–Trinajstić information content (AvgIpc) is 2.90. The molecule has 1 fully saturated rings. The van der Waals surface area contributed by atoms with Crippen LogP contribution in [0.15, 0.2) is 30.3 Å². The number of hydrogen-bond acceptors (Lipinski definition) is 2. The topological polar surface area (TPSA) is 35.2 Å². The van der Waals surface area contributed by atoms with Crippen LogP contribution in [-0.2, 0) is 10.2 Å². The van der Waals surface area contributed by atoms with Crippen LogP contribution in [0.25, 0.3) is 0 Å². The first-order valence-corrected chi connectivity index (χ1v) is 7.18. The molecule has 1 unspecified atom stereocenters. The van der Waals surface area contributed by atoms with E-state index in [-0.39, 0.29) is 11.5 Å². The van der Waals surface area contributed by atoms with Crippen LogP contribution in [0.1, 0.15) is 44.6 Å². The van der Waals surface area contributed by atoms with Gasteiger partial charge in [-0.25, -0.2) is 0 Å². The van der Waals surface area contributed by atoms with Crippen LogP contribution in [-0.4, -0.2) is 19.3 Å². The highest BCUT2D eigenvalue weighted by Gasteiger charge is 2.40. The van der Waals surface area contributed by atoms with Crippen LogP contribution in [0.5, 0.6) is 0 Å². The molecule has 1 aliphatic carbocycles. The van der Waals surface area contributed by atoms with Gasteiger partial charge in [-0.15, -0.1) is 0 Å². The third kappa shape index (κ3) is 2.76. The van der Waals surface area contributed by atoms with Crippen molar-refractivity contribution in [2.45, 2.75) is 50.5 Å². The third-order valence-electron chi connectivity index (χ3n) is 4.20. The van der Waals surface area contributed by atoms with Gasteiger partial charge < -0.3 is 10.5 Å². The Bertz CT molecular complexity index is 343. The van der Waals surface area contributed by atoms with Crippen molar-refractivity contribution in [2.75, 3.05) is 13.2 Å². The second kappa shape index (κ2) is 6.35. The summed E-state index contributed by atoms with van der Waals surface area (Å²) in [5, 5.41) is 0. The molecule has 1 atom stereocenters. The van der Waals surface area contributed by atoms with E-state index in [0.29, 0.717) is 6.61 Å². The van der Waals surface area contributed by atoms with Crippen LogP contribution in [0.2, 0.25) is 0 Å². The molecular weight excluding hydrogens is 222 g/mol. The van der Waals surface area contributed by atoms with Gasteiger partial charge in [-0.1, -0.05) is 50.1 Å². The number of benzene rings is 1. The molecule has 0 saturated heterocycles. The van der Waals surface area contributed by atoms with Gasteiger partial charge in [0.15, 0.2) is 0 Å². The highest BCUT2D eigenvalue weighted by molar-refractivity contribution is 5.29. The molecule has 0 spiro atoms. The largest absolute Gasteiger partial charge is 0.380 e. The first-order chi connectivity index (χ1) is 8.79. The van der Waals surface area contributed by atoms with E-state index >= 15 is 0 Å². The van der Waals surface area contributed by atoms with Crippen molar-refractivity contribution in [3.63, 3.8) is 0 Å². The predicted octanol–water partition coefficient (Wildman–Crippen LogP) is 3.25. The Morgan fingerprint density at radius 3 is 2.50 bits per heavy atom. The summed E-state index contributed by atoms with van der Waals surface area (Å²) in [6.45, 7) is 3.63. The average molecular weight is 247 g/mol. The lowest BCUT2D eigenvalue weighted by Crippen LogP contribution is -2.46. The number of hydrogen-bond donors (Lipinski definition) is 1. The Labute approximate surface area is 111 Å². The van der Waals surface area contributed by atoms with Crippen molar-refractivity contribution >= 4 is 0 Å². The standard InChI is InChI=1S/C16H25NO/c1-2-12-18-13-15(17)16(10-6-7-11-16)14-8-4-3-5-9-14/h3-5,8-9,15H,2,6-7,10-13,17H2,1H3. The van der Waals surface area contributed by atoms with Crippen LogP contribution >= 0.6 is 0 Å². The van der Waals surface area contributed by atoms with Crippen LogP contribution in [0.4, 0.5) is 0 Å². The fourth-order valence-electron chi connectivity index (χ4n) is 3.16. The first kappa shape index (κ1) is 13.6. The van der Waals surface area contributed by atoms with E-state index in [0.717, 1.165) is 13.0 Å². The molecule has 0 radical (unpaired) electrons. The molecule has 2 heteroatoms. The minimum atomic E-state index is 0.119. The first-order valence-electron chi connectivity index (χ1n) is 7.18. The highest BCUT2D eigenvalue weighted by atomic mass is 16.5. The molecule has 2 rings (SSSR count). The Morgan fingerprint density at radius 1 is 1.22 bits per heavy atom. The maximum Gasteiger partial charge on any atom is 0.0626 e. The molecular formula is C16H25NO. The van der Waals surface area contributed by atoms with E-state index < -0.39 is 0 Å². The number of ether oxygens (including phenoxy) is 1. The maximum absolute atomic E-state index is 6.46. The minimum Gasteiger partial charge on any atom is -0.380 e. The molecule has 0 heterocycles. The predicted molar refractivity (Wildman–Crippen MR) is 75.7 cm³/mol. The molecule has 2 nitrogen and oxygen atoms in total. The van der Waals surface area contributed by atoms with E-state index in [9.17, 15) is 0 Å². The van der Waals surface area contributed by atoms with Crippen molar-refractivity contribution in [3.05, 3.63) is 35.9 Å². The van der Waals surface area contributed by atoms with Gasteiger partial charge in [0, 0.05) is 18.1 Å². The van der Waals surface area contributed by atoms with Crippen molar-refractivity contribution < 1.29 is 4.74 Å². The van der Waals surface area contributed by atoms with Crippen LogP contribution in [0.3, 0.4) is 0 Å². The molecule has 18 heavy (non-hydrogen) atoms. The fourth-order valence-corrected chi connectivity index (χ4v) is 3.16. The van der Waals surface area contributed by atoms with Crippen molar-refractivity contribution in [1.29, 1.82) is 0 Å². The number of rotatable bonds is 6. The van der Waals surface area contributed by atoms with Gasteiger partial charge in [0.2, 0.25) is 0 Å². The molecule has 1 aliphatic rings. The third-order valence-corrected chi connectivity index (χ3v) is 4.20. The maximum atomic E-state index is 6.46. The van der Waals surface area contributed by atoms with E-state index in [2.05, 4.69) is 37.3 Å². The summed E-state index contributed by atoms with van der Waals surface area (Å²) in [7, 11) is 0. The van der Waals surface area contributed by atoms with E-state index in [1.54, 1.807) is 0 Å². The normalized spacial score (nSPS) is 19.9. The highest BCUT2D eigenvalue weighted by Crippen LogP contribution is 2.43. The smallest absolute Gasteiger partial charge is 0.0626 e. The Hall–Kier alpha value is -0.860. The summed E-state index contributed by atoms with van der Waals surface area (Å²) < 4.78 is 5.68.